The number of ether oxygens (including phenoxy) is 1. The molecule has 0 saturated heterocycles. The van der Waals surface area contributed by atoms with Gasteiger partial charge in [0.15, 0.2) is 0 Å². The molecule has 1 aromatic rings. The Kier molecular flexibility index (Phi) is 7.05. The fourth-order valence-corrected chi connectivity index (χ4v) is 1.29. The number of nitrogens with one attached hydrogen (secondary N) is 1. The molecule has 1 rings (SSSR count). The van der Waals surface area contributed by atoms with E-state index in [0.717, 1.165) is 0 Å². The van der Waals surface area contributed by atoms with Gasteiger partial charge in [0.05, 0.1) is 13.2 Å². The summed E-state index contributed by atoms with van der Waals surface area (Å²) in [4.78, 5) is 5.15. The summed E-state index contributed by atoms with van der Waals surface area (Å²) in [5.74, 6) is 1.14. The zero-order chi connectivity index (χ0) is 13.4. The maximum Gasteiger partial charge on any atom is 0.119 e. The molecule has 0 aliphatic rings. The van der Waals surface area contributed by atoms with Crippen LogP contribution in [-0.4, -0.2) is 31.0 Å². The van der Waals surface area contributed by atoms with Crippen LogP contribution in [-0.2, 0) is 4.84 Å². The third-order valence-electron chi connectivity index (χ3n) is 2.09. The van der Waals surface area contributed by atoms with E-state index in [1.165, 1.54) is 0 Å². The highest BCUT2D eigenvalue weighted by Gasteiger charge is 2.05. The van der Waals surface area contributed by atoms with Crippen molar-refractivity contribution in [2.24, 2.45) is 5.92 Å². The molecule has 0 radical (unpaired) electrons. The number of hydroxylamine groups is 1. The highest BCUT2D eigenvalue weighted by Crippen LogP contribution is 2.15. The van der Waals surface area contributed by atoms with Crippen LogP contribution in [0.4, 0.5) is 0 Å². The number of benzene rings is 1. The zero-order valence-electron chi connectivity index (χ0n) is 10.7. The molecule has 5 heteroatoms. The lowest BCUT2D eigenvalue weighted by molar-refractivity contribution is -0.00773. The van der Waals surface area contributed by atoms with Gasteiger partial charge in [-0.1, -0.05) is 25.4 Å². The Morgan fingerprint density at radius 3 is 2.50 bits per heavy atom. The first-order valence-corrected chi connectivity index (χ1v) is 6.37. The quantitative estimate of drug-likeness (QED) is 0.563. The van der Waals surface area contributed by atoms with Crippen LogP contribution in [0, 0.1) is 5.92 Å². The molecule has 0 aliphatic heterocycles. The topological polar surface area (TPSA) is 50.7 Å². The predicted octanol–water partition coefficient (Wildman–Crippen LogP) is 2.26. The lowest BCUT2D eigenvalue weighted by Crippen LogP contribution is -2.32. The molecule has 0 bridgehead atoms. The maximum atomic E-state index is 9.64. The Morgan fingerprint density at radius 2 is 1.89 bits per heavy atom. The summed E-state index contributed by atoms with van der Waals surface area (Å²) < 4.78 is 5.40. The largest absolute Gasteiger partial charge is 0.491 e. The SMILES string of the molecule is CC(C)CONCC(O)COc1ccc(Cl)cc1. The van der Waals surface area contributed by atoms with Crippen molar-refractivity contribution in [3.05, 3.63) is 29.3 Å². The molecule has 1 unspecified atom stereocenters. The van der Waals surface area contributed by atoms with Crippen molar-refractivity contribution in [2.45, 2.75) is 20.0 Å². The van der Waals surface area contributed by atoms with Crippen molar-refractivity contribution in [3.8, 4) is 5.75 Å². The summed E-state index contributed by atoms with van der Waals surface area (Å²) in [6, 6.07) is 7.01. The second-order valence-electron chi connectivity index (χ2n) is 4.47. The highest BCUT2D eigenvalue weighted by atomic mass is 35.5. The first-order valence-electron chi connectivity index (χ1n) is 5.99. The zero-order valence-corrected chi connectivity index (χ0v) is 11.5. The van der Waals surface area contributed by atoms with E-state index in [1.54, 1.807) is 24.3 Å². The fraction of sp³-hybridized carbons (Fsp3) is 0.538. The second kappa shape index (κ2) is 8.32. The van der Waals surface area contributed by atoms with E-state index in [9.17, 15) is 5.11 Å². The molecule has 0 amide bonds. The summed E-state index contributed by atoms with van der Waals surface area (Å²) in [6.45, 7) is 5.27. The Labute approximate surface area is 113 Å². The van der Waals surface area contributed by atoms with Gasteiger partial charge in [-0.15, -0.1) is 0 Å². The van der Waals surface area contributed by atoms with Crippen molar-refractivity contribution in [1.29, 1.82) is 0 Å². The molecule has 0 aromatic heterocycles. The van der Waals surface area contributed by atoms with Gasteiger partial charge in [-0.25, -0.2) is 0 Å². The van der Waals surface area contributed by atoms with E-state index in [4.69, 9.17) is 21.2 Å². The van der Waals surface area contributed by atoms with Crippen molar-refractivity contribution in [1.82, 2.24) is 5.48 Å². The minimum Gasteiger partial charge on any atom is -0.491 e. The molecule has 1 aromatic carbocycles. The normalized spacial score (nSPS) is 12.7. The van der Waals surface area contributed by atoms with E-state index in [0.29, 0.717) is 29.8 Å². The van der Waals surface area contributed by atoms with E-state index >= 15 is 0 Å². The van der Waals surface area contributed by atoms with Gasteiger partial charge in [-0.3, -0.25) is 0 Å². The Hall–Kier alpha value is -0.810. The van der Waals surface area contributed by atoms with Gasteiger partial charge in [0.25, 0.3) is 0 Å². The van der Waals surface area contributed by atoms with Crippen LogP contribution in [0.3, 0.4) is 0 Å². The van der Waals surface area contributed by atoms with Gasteiger partial charge in [0.1, 0.15) is 18.5 Å². The standard InChI is InChI=1S/C13H20ClNO3/c1-10(2)8-18-15-7-12(16)9-17-13-5-3-11(14)4-6-13/h3-6,10,12,15-16H,7-9H2,1-2H3. The first-order chi connectivity index (χ1) is 8.58. The summed E-state index contributed by atoms with van der Waals surface area (Å²) in [5, 5.41) is 10.3. The van der Waals surface area contributed by atoms with Crippen LogP contribution < -0.4 is 10.2 Å². The maximum absolute atomic E-state index is 9.64. The van der Waals surface area contributed by atoms with Crippen molar-refractivity contribution < 1.29 is 14.7 Å². The molecular formula is C13H20ClNO3. The van der Waals surface area contributed by atoms with Crippen LogP contribution >= 0.6 is 11.6 Å². The molecule has 2 N–H and O–H groups in total. The van der Waals surface area contributed by atoms with Gasteiger partial charge in [0.2, 0.25) is 0 Å². The van der Waals surface area contributed by atoms with E-state index in [2.05, 4.69) is 19.3 Å². The van der Waals surface area contributed by atoms with Crippen LogP contribution in [0.2, 0.25) is 5.02 Å². The van der Waals surface area contributed by atoms with Crippen molar-refractivity contribution in [3.63, 3.8) is 0 Å². The Morgan fingerprint density at radius 1 is 1.22 bits per heavy atom. The lowest BCUT2D eigenvalue weighted by Gasteiger charge is -2.14. The van der Waals surface area contributed by atoms with Crippen LogP contribution in [0.15, 0.2) is 24.3 Å². The van der Waals surface area contributed by atoms with Gasteiger partial charge < -0.3 is 14.7 Å². The van der Waals surface area contributed by atoms with Crippen LogP contribution in [0.25, 0.3) is 0 Å². The minimum absolute atomic E-state index is 0.208. The first kappa shape index (κ1) is 15.2. The molecule has 0 saturated carbocycles. The molecule has 102 valence electrons. The number of hydrogen-bond donors (Lipinski definition) is 2. The summed E-state index contributed by atoms with van der Waals surface area (Å²) in [7, 11) is 0. The molecule has 0 spiro atoms. The van der Waals surface area contributed by atoms with Crippen molar-refractivity contribution in [2.75, 3.05) is 19.8 Å². The molecule has 18 heavy (non-hydrogen) atoms. The van der Waals surface area contributed by atoms with Gasteiger partial charge in [0, 0.05) is 5.02 Å². The van der Waals surface area contributed by atoms with Crippen molar-refractivity contribution >= 4 is 11.6 Å². The average molecular weight is 274 g/mol. The third-order valence-corrected chi connectivity index (χ3v) is 2.35. The third kappa shape index (κ3) is 6.81. The lowest BCUT2D eigenvalue weighted by atomic mass is 10.2. The summed E-state index contributed by atoms with van der Waals surface area (Å²) >= 11 is 5.75. The number of hydrogen-bond acceptors (Lipinski definition) is 4. The molecular weight excluding hydrogens is 254 g/mol. The number of halogens is 1. The molecule has 1 atom stereocenters. The van der Waals surface area contributed by atoms with E-state index < -0.39 is 6.10 Å². The average Bonchev–Trinajstić information content (AvgIpc) is 2.34. The second-order valence-corrected chi connectivity index (χ2v) is 4.91. The van der Waals surface area contributed by atoms with E-state index in [-0.39, 0.29) is 6.61 Å². The monoisotopic (exact) mass is 273 g/mol. The Bertz CT molecular complexity index is 330. The van der Waals surface area contributed by atoms with Crippen LogP contribution in [0.5, 0.6) is 5.75 Å². The van der Waals surface area contributed by atoms with Gasteiger partial charge >= 0.3 is 0 Å². The molecule has 0 fully saturated rings. The molecule has 0 aliphatic carbocycles. The number of rotatable bonds is 8. The summed E-state index contributed by atoms with van der Waals surface area (Å²) in [5.41, 5.74) is 2.71. The predicted molar refractivity (Wildman–Crippen MR) is 71.7 cm³/mol. The fourth-order valence-electron chi connectivity index (χ4n) is 1.16. The van der Waals surface area contributed by atoms with Crippen LogP contribution in [0.1, 0.15) is 13.8 Å². The molecule has 0 heterocycles. The minimum atomic E-state index is -0.618. The molecule has 4 nitrogen and oxygen atoms in total. The van der Waals surface area contributed by atoms with E-state index in [1.807, 2.05) is 0 Å². The highest BCUT2D eigenvalue weighted by molar-refractivity contribution is 6.30. The van der Waals surface area contributed by atoms with Gasteiger partial charge in [-0.2, -0.15) is 5.48 Å². The summed E-state index contributed by atoms with van der Waals surface area (Å²) in [6.07, 6.45) is -0.618. The number of aliphatic hydroxyl groups is 1. The number of aliphatic hydroxyl groups excluding tert-OH is 1. The Balaban J connectivity index is 2.13. The smallest absolute Gasteiger partial charge is 0.119 e. The van der Waals surface area contributed by atoms with Gasteiger partial charge in [-0.05, 0) is 30.2 Å².